The van der Waals surface area contributed by atoms with Gasteiger partial charge in [-0.2, -0.15) is 0 Å². The van der Waals surface area contributed by atoms with E-state index in [0.717, 1.165) is 44.2 Å². The number of carbonyl (C=O) groups is 1. The monoisotopic (exact) mass is 320 g/mol. The minimum atomic E-state index is -0.0740. The number of nitrogens with one attached hydrogen (secondary N) is 1. The van der Waals surface area contributed by atoms with Gasteiger partial charge in [-0.15, -0.1) is 0 Å². The van der Waals surface area contributed by atoms with E-state index in [0.29, 0.717) is 12.1 Å². The molecule has 1 N–H and O–H groups in total. The molecule has 0 radical (unpaired) electrons. The second-order valence-electron chi connectivity index (χ2n) is 6.87. The maximum absolute atomic E-state index is 12.4. The van der Waals surface area contributed by atoms with Crippen LogP contribution in [0.15, 0.2) is 18.2 Å². The Hall–Kier alpha value is -1.59. The number of rotatable bonds is 5. The van der Waals surface area contributed by atoms with Gasteiger partial charge >= 0.3 is 0 Å². The molecule has 1 amide bonds. The lowest BCUT2D eigenvalue weighted by Gasteiger charge is -2.26. The van der Waals surface area contributed by atoms with Gasteiger partial charge in [-0.1, -0.05) is 20.8 Å². The van der Waals surface area contributed by atoms with Gasteiger partial charge in [-0.25, -0.2) is 0 Å². The minimum absolute atomic E-state index is 0.0357. The Balaban J connectivity index is 1.96. The molecule has 5 nitrogen and oxygen atoms in total. The molecule has 1 heterocycles. The van der Waals surface area contributed by atoms with Crippen molar-refractivity contribution < 1.29 is 14.3 Å². The summed E-state index contributed by atoms with van der Waals surface area (Å²) < 4.78 is 10.7. The average Bonchev–Trinajstić information content (AvgIpc) is 2.54. The second kappa shape index (κ2) is 7.79. The third kappa shape index (κ3) is 4.94. The summed E-state index contributed by atoms with van der Waals surface area (Å²) >= 11 is 0. The molecule has 1 aliphatic rings. The molecule has 23 heavy (non-hydrogen) atoms. The van der Waals surface area contributed by atoms with Crippen LogP contribution < -0.4 is 10.1 Å². The van der Waals surface area contributed by atoms with Gasteiger partial charge in [0.05, 0.1) is 20.3 Å². The van der Waals surface area contributed by atoms with Crippen LogP contribution in [0.5, 0.6) is 5.75 Å². The largest absolute Gasteiger partial charge is 0.496 e. The number of hydrogen-bond donors (Lipinski definition) is 1. The van der Waals surface area contributed by atoms with E-state index >= 15 is 0 Å². The molecule has 1 fully saturated rings. The highest BCUT2D eigenvalue weighted by molar-refractivity contribution is 5.94. The van der Waals surface area contributed by atoms with Crippen molar-refractivity contribution in [1.29, 1.82) is 0 Å². The molecule has 5 heteroatoms. The van der Waals surface area contributed by atoms with Crippen molar-refractivity contribution in [2.75, 3.05) is 46.5 Å². The predicted octanol–water partition coefficient (Wildman–Crippen LogP) is 2.05. The van der Waals surface area contributed by atoms with Crippen molar-refractivity contribution in [3.8, 4) is 5.75 Å². The average molecular weight is 320 g/mol. The van der Waals surface area contributed by atoms with Crippen LogP contribution >= 0.6 is 0 Å². The van der Waals surface area contributed by atoms with Crippen LogP contribution in [0.25, 0.3) is 0 Å². The highest BCUT2D eigenvalue weighted by Crippen LogP contribution is 2.31. The summed E-state index contributed by atoms with van der Waals surface area (Å²) in [5.41, 5.74) is 1.65. The van der Waals surface area contributed by atoms with Crippen molar-refractivity contribution >= 4 is 5.91 Å². The summed E-state index contributed by atoms with van der Waals surface area (Å²) in [4.78, 5) is 14.7. The number of hydrogen-bond acceptors (Lipinski definition) is 4. The normalized spacial score (nSPS) is 16.2. The van der Waals surface area contributed by atoms with Gasteiger partial charge in [0, 0.05) is 37.3 Å². The van der Waals surface area contributed by atoms with Crippen molar-refractivity contribution in [2.24, 2.45) is 0 Å². The fourth-order valence-electron chi connectivity index (χ4n) is 2.69. The summed E-state index contributed by atoms with van der Waals surface area (Å²) in [5, 5.41) is 3.00. The van der Waals surface area contributed by atoms with Gasteiger partial charge in [-0.3, -0.25) is 9.69 Å². The number of methoxy groups -OCH3 is 1. The van der Waals surface area contributed by atoms with Gasteiger partial charge in [0.25, 0.3) is 5.91 Å². The Morgan fingerprint density at radius 1 is 1.30 bits per heavy atom. The first-order valence-electron chi connectivity index (χ1n) is 8.18. The number of nitrogens with zero attached hydrogens (tertiary/aromatic N) is 1. The molecule has 1 saturated heterocycles. The van der Waals surface area contributed by atoms with E-state index < -0.39 is 0 Å². The number of carbonyl (C=O) groups excluding carboxylic acids is 1. The molecule has 0 unspecified atom stereocenters. The van der Waals surface area contributed by atoms with Gasteiger partial charge in [0.15, 0.2) is 0 Å². The molecule has 0 saturated carbocycles. The number of amides is 1. The summed E-state index contributed by atoms with van der Waals surface area (Å²) in [6, 6.07) is 5.62. The van der Waals surface area contributed by atoms with Crippen LogP contribution in [-0.4, -0.2) is 57.3 Å². The molecule has 0 aliphatic carbocycles. The van der Waals surface area contributed by atoms with E-state index in [9.17, 15) is 4.79 Å². The molecule has 0 spiro atoms. The maximum atomic E-state index is 12.4. The fourth-order valence-corrected chi connectivity index (χ4v) is 2.69. The van der Waals surface area contributed by atoms with Crippen LogP contribution in [0.1, 0.15) is 36.7 Å². The SMILES string of the molecule is COc1ccc(C(=O)NCCN2CCOCC2)cc1C(C)(C)C. The number of morpholine rings is 1. The van der Waals surface area contributed by atoms with Crippen LogP contribution in [-0.2, 0) is 10.2 Å². The van der Waals surface area contributed by atoms with Crippen molar-refractivity contribution in [2.45, 2.75) is 26.2 Å². The first kappa shape index (κ1) is 17.8. The highest BCUT2D eigenvalue weighted by atomic mass is 16.5. The van der Waals surface area contributed by atoms with Gasteiger partial charge in [0.2, 0.25) is 0 Å². The summed E-state index contributed by atoms with van der Waals surface area (Å²) in [6.45, 7) is 11.3. The summed E-state index contributed by atoms with van der Waals surface area (Å²) in [7, 11) is 1.66. The molecule has 2 rings (SSSR count). The summed E-state index contributed by atoms with van der Waals surface area (Å²) in [5.74, 6) is 0.786. The zero-order chi connectivity index (χ0) is 16.9. The molecule has 0 atom stereocenters. The fraction of sp³-hybridized carbons (Fsp3) is 0.611. The Morgan fingerprint density at radius 2 is 2.00 bits per heavy atom. The molecular formula is C18H28N2O3. The van der Waals surface area contributed by atoms with E-state index in [-0.39, 0.29) is 11.3 Å². The van der Waals surface area contributed by atoms with E-state index in [4.69, 9.17) is 9.47 Å². The molecule has 0 aromatic heterocycles. The van der Waals surface area contributed by atoms with Crippen molar-refractivity contribution in [3.63, 3.8) is 0 Å². The minimum Gasteiger partial charge on any atom is -0.496 e. The van der Waals surface area contributed by atoms with Gasteiger partial charge in [-0.05, 0) is 23.6 Å². The zero-order valence-electron chi connectivity index (χ0n) is 14.6. The van der Waals surface area contributed by atoms with Crippen LogP contribution in [0.3, 0.4) is 0 Å². The first-order chi connectivity index (χ1) is 10.9. The molecule has 0 bridgehead atoms. The quantitative estimate of drug-likeness (QED) is 0.902. The molecule has 128 valence electrons. The lowest BCUT2D eigenvalue weighted by Crippen LogP contribution is -2.41. The number of ether oxygens (including phenoxy) is 2. The van der Waals surface area contributed by atoms with Crippen LogP contribution in [0, 0.1) is 0 Å². The van der Waals surface area contributed by atoms with Crippen molar-refractivity contribution in [3.05, 3.63) is 29.3 Å². The molecule has 1 aliphatic heterocycles. The maximum Gasteiger partial charge on any atom is 0.251 e. The Bertz CT molecular complexity index is 532. The predicted molar refractivity (Wildman–Crippen MR) is 91.3 cm³/mol. The molecule has 1 aromatic rings. The zero-order valence-corrected chi connectivity index (χ0v) is 14.6. The molecular weight excluding hydrogens is 292 g/mol. The second-order valence-corrected chi connectivity index (χ2v) is 6.87. The Morgan fingerprint density at radius 3 is 2.61 bits per heavy atom. The van der Waals surface area contributed by atoms with E-state index in [1.807, 2.05) is 18.2 Å². The first-order valence-corrected chi connectivity index (χ1v) is 8.18. The Labute approximate surface area is 139 Å². The van der Waals surface area contributed by atoms with E-state index in [1.54, 1.807) is 7.11 Å². The Kier molecular flexibility index (Phi) is 6.02. The number of benzene rings is 1. The lowest BCUT2D eigenvalue weighted by molar-refractivity contribution is 0.0383. The smallest absolute Gasteiger partial charge is 0.251 e. The van der Waals surface area contributed by atoms with Crippen molar-refractivity contribution in [1.82, 2.24) is 10.2 Å². The van der Waals surface area contributed by atoms with Crippen LogP contribution in [0.2, 0.25) is 0 Å². The third-order valence-corrected chi connectivity index (χ3v) is 4.09. The highest BCUT2D eigenvalue weighted by Gasteiger charge is 2.20. The molecule has 1 aromatic carbocycles. The van der Waals surface area contributed by atoms with E-state index in [1.165, 1.54) is 0 Å². The van der Waals surface area contributed by atoms with Crippen LogP contribution in [0.4, 0.5) is 0 Å². The lowest BCUT2D eigenvalue weighted by atomic mass is 9.85. The standard InChI is InChI=1S/C18H28N2O3/c1-18(2,3)15-13-14(5-6-16(15)22-4)17(21)19-7-8-20-9-11-23-12-10-20/h5-6,13H,7-12H2,1-4H3,(H,19,21). The third-order valence-electron chi connectivity index (χ3n) is 4.09. The summed E-state index contributed by atoms with van der Waals surface area (Å²) in [6.07, 6.45) is 0. The van der Waals surface area contributed by atoms with Gasteiger partial charge in [0.1, 0.15) is 5.75 Å². The topological polar surface area (TPSA) is 50.8 Å². The van der Waals surface area contributed by atoms with Gasteiger partial charge < -0.3 is 14.8 Å². The van der Waals surface area contributed by atoms with E-state index in [2.05, 4.69) is 31.0 Å².